The third-order valence-corrected chi connectivity index (χ3v) is 3.90. The number of aryl methyl sites for hydroxylation is 1. The first-order chi connectivity index (χ1) is 10.6. The lowest BCUT2D eigenvalue weighted by Gasteiger charge is -2.17. The lowest BCUT2D eigenvalue weighted by Crippen LogP contribution is -2.43. The van der Waals surface area contributed by atoms with Gasteiger partial charge < -0.3 is 14.8 Å². The molecule has 5 nitrogen and oxygen atoms in total. The van der Waals surface area contributed by atoms with Crippen molar-refractivity contribution in [1.29, 1.82) is 0 Å². The molecular weight excluding hydrogens is 278 g/mol. The molecule has 1 aromatic carbocycles. The summed E-state index contributed by atoms with van der Waals surface area (Å²) in [6.07, 6.45) is 4.65. The van der Waals surface area contributed by atoms with Crippen LogP contribution in [0.3, 0.4) is 0 Å². The molecule has 22 heavy (non-hydrogen) atoms. The monoisotopic (exact) mass is 297 g/mol. The molecule has 0 unspecified atom stereocenters. The second-order valence-corrected chi connectivity index (χ2v) is 5.52. The van der Waals surface area contributed by atoms with Gasteiger partial charge in [-0.05, 0) is 42.7 Å². The average Bonchev–Trinajstić information content (AvgIpc) is 3.15. The Morgan fingerprint density at radius 1 is 1.23 bits per heavy atom. The van der Waals surface area contributed by atoms with Crippen LogP contribution in [0.1, 0.15) is 11.1 Å². The maximum atomic E-state index is 12.3. The SMILES string of the molecule is Cc1ccc2c(c1)N(C(=O)C(=O)NCCn1cccc1)CC2. The first-order valence-corrected chi connectivity index (χ1v) is 7.45. The lowest BCUT2D eigenvalue weighted by molar-refractivity contribution is -0.137. The fourth-order valence-electron chi connectivity index (χ4n) is 2.72. The fraction of sp³-hybridized carbons (Fsp3) is 0.294. The highest BCUT2D eigenvalue weighted by atomic mass is 16.2. The number of nitrogens with zero attached hydrogens (tertiary/aromatic N) is 2. The molecule has 0 radical (unpaired) electrons. The summed E-state index contributed by atoms with van der Waals surface area (Å²) >= 11 is 0. The molecule has 2 heterocycles. The van der Waals surface area contributed by atoms with Crippen LogP contribution in [0, 0.1) is 6.92 Å². The predicted octanol–water partition coefficient (Wildman–Crippen LogP) is 1.50. The normalized spacial score (nSPS) is 13.0. The molecule has 0 saturated carbocycles. The van der Waals surface area contributed by atoms with E-state index in [-0.39, 0.29) is 0 Å². The van der Waals surface area contributed by atoms with Crippen LogP contribution in [0.2, 0.25) is 0 Å². The van der Waals surface area contributed by atoms with Crippen LogP contribution in [0.25, 0.3) is 0 Å². The molecular formula is C17H19N3O2. The van der Waals surface area contributed by atoms with E-state index in [0.29, 0.717) is 19.6 Å². The molecule has 5 heteroatoms. The topological polar surface area (TPSA) is 54.3 Å². The van der Waals surface area contributed by atoms with Crippen LogP contribution in [0.5, 0.6) is 0 Å². The molecule has 1 aliphatic rings. The van der Waals surface area contributed by atoms with Gasteiger partial charge in [0.25, 0.3) is 0 Å². The number of anilines is 1. The number of fused-ring (bicyclic) bond motifs is 1. The highest BCUT2D eigenvalue weighted by Crippen LogP contribution is 2.28. The summed E-state index contributed by atoms with van der Waals surface area (Å²) in [4.78, 5) is 25.9. The molecule has 2 amide bonds. The third-order valence-electron chi connectivity index (χ3n) is 3.90. The lowest BCUT2D eigenvalue weighted by atomic mass is 10.1. The van der Waals surface area contributed by atoms with Gasteiger partial charge in [0.15, 0.2) is 0 Å². The van der Waals surface area contributed by atoms with Gasteiger partial charge >= 0.3 is 11.8 Å². The zero-order valence-electron chi connectivity index (χ0n) is 12.6. The van der Waals surface area contributed by atoms with Crippen molar-refractivity contribution >= 4 is 17.5 Å². The Morgan fingerprint density at radius 2 is 2.00 bits per heavy atom. The van der Waals surface area contributed by atoms with Gasteiger partial charge in [0.05, 0.1) is 0 Å². The molecule has 0 fully saturated rings. The Bertz CT molecular complexity index is 692. The van der Waals surface area contributed by atoms with E-state index >= 15 is 0 Å². The Kier molecular flexibility index (Phi) is 3.96. The standard InChI is InChI=1S/C17H19N3O2/c1-13-4-5-14-6-10-20(15(14)12-13)17(22)16(21)18-7-11-19-8-2-3-9-19/h2-5,8-9,12H,6-7,10-11H2,1H3,(H,18,21). The molecule has 114 valence electrons. The van der Waals surface area contributed by atoms with Crippen molar-refractivity contribution in [2.75, 3.05) is 18.0 Å². The van der Waals surface area contributed by atoms with Crippen molar-refractivity contribution in [2.24, 2.45) is 0 Å². The van der Waals surface area contributed by atoms with Crippen LogP contribution in [-0.4, -0.2) is 29.5 Å². The number of benzene rings is 1. The zero-order chi connectivity index (χ0) is 15.5. The zero-order valence-corrected chi connectivity index (χ0v) is 12.6. The number of nitrogens with one attached hydrogen (secondary N) is 1. The summed E-state index contributed by atoms with van der Waals surface area (Å²) in [6.45, 7) is 3.65. The Morgan fingerprint density at radius 3 is 2.77 bits per heavy atom. The van der Waals surface area contributed by atoms with Gasteiger partial charge in [-0.25, -0.2) is 0 Å². The highest BCUT2D eigenvalue weighted by Gasteiger charge is 2.28. The number of hydrogen-bond acceptors (Lipinski definition) is 2. The van der Waals surface area contributed by atoms with E-state index in [9.17, 15) is 9.59 Å². The van der Waals surface area contributed by atoms with Gasteiger partial charge in [-0.1, -0.05) is 12.1 Å². The number of aromatic nitrogens is 1. The molecule has 1 aromatic heterocycles. The second-order valence-electron chi connectivity index (χ2n) is 5.52. The van der Waals surface area contributed by atoms with E-state index in [1.54, 1.807) is 4.90 Å². The molecule has 1 aliphatic heterocycles. The predicted molar refractivity (Wildman–Crippen MR) is 84.7 cm³/mol. The van der Waals surface area contributed by atoms with Crippen LogP contribution in [0.4, 0.5) is 5.69 Å². The van der Waals surface area contributed by atoms with Gasteiger partial charge in [-0.3, -0.25) is 9.59 Å². The molecule has 0 aliphatic carbocycles. The summed E-state index contributed by atoms with van der Waals surface area (Å²) in [5.74, 6) is -1.02. The van der Waals surface area contributed by atoms with Gasteiger partial charge in [0.1, 0.15) is 0 Å². The number of rotatable bonds is 3. The second kappa shape index (κ2) is 6.05. The van der Waals surface area contributed by atoms with E-state index in [2.05, 4.69) is 5.32 Å². The molecule has 0 spiro atoms. The fourth-order valence-corrected chi connectivity index (χ4v) is 2.72. The minimum Gasteiger partial charge on any atom is -0.353 e. The number of carbonyl (C=O) groups is 2. The van der Waals surface area contributed by atoms with Gasteiger partial charge in [-0.15, -0.1) is 0 Å². The van der Waals surface area contributed by atoms with Gasteiger partial charge in [0.2, 0.25) is 0 Å². The van der Waals surface area contributed by atoms with Crippen LogP contribution >= 0.6 is 0 Å². The first-order valence-electron chi connectivity index (χ1n) is 7.45. The van der Waals surface area contributed by atoms with Crippen LogP contribution in [0.15, 0.2) is 42.7 Å². The van der Waals surface area contributed by atoms with Crippen molar-refractivity contribution < 1.29 is 9.59 Å². The molecule has 2 aromatic rings. The molecule has 0 atom stereocenters. The first kappa shape index (κ1) is 14.4. The van der Waals surface area contributed by atoms with E-state index in [1.165, 1.54) is 0 Å². The summed E-state index contributed by atoms with van der Waals surface area (Å²) in [5, 5.41) is 2.69. The third kappa shape index (κ3) is 2.88. The molecule has 0 saturated heterocycles. The van der Waals surface area contributed by atoms with Crippen molar-refractivity contribution in [2.45, 2.75) is 19.9 Å². The van der Waals surface area contributed by atoms with Gasteiger partial charge in [0, 0.05) is 37.7 Å². The van der Waals surface area contributed by atoms with Crippen LogP contribution in [-0.2, 0) is 22.6 Å². The molecule has 3 rings (SSSR count). The molecule has 0 bridgehead atoms. The number of carbonyl (C=O) groups excluding carboxylic acids is 2. The Balaban J connectivity index is 1.60. The summed E-state index contributed by atoms with van der Waals surface area (Å²) in [7, 11) is 0. The van der Waals surface area contributed by atoms with Crippen molar-refractivity contribution in [3.63, 3.8) is 0 Å². The summed E-state index contributed by atoms with van der Waals surface area (Å²) in [5.41, 5.74) is 3.08. The summed E-state index contributed by atoms with van der Waals surface area (Å²) < 4.78 is 1.96. The Hall–Kier alpha value is -2.56. The number of amides is 2. The van der Waals surface area contributed by atoms with E-state index in [1.807, 2.05) is 54.2 Å². The highest BCUT2D eigenvalue weighted by molar-refractivity contribution is 6.40. The van der Waals surface area contributed by atoms with Crippen molar-refractivity contribution in [1.82, 2.24) is 9.88 Å². The van der Waals surface area contributed by atoms with E-state index < -0.39 is 11.8 Å². The quantitative estimate of drug-likeness (QED) is 0.873. The Labute approximate surface area is 129 Å². The largest absolute Gasteiger partial charge is 0.353 e. The number of hydrogen-bond donors (Lipinski definition) is 1. The van der Waals surface area contributed by atoms with E-state index in [4.69, 9.17) is 0 Å². The van der Waals surface area contributed by atoms with Gasteiger partial charge in [-0.2, -0.15) is 0 Å². The maximum Gasteiger partial charge on any atom is 0.316 e. The maximum absolute atomic E-state index is 12.3. The summed E-state index contributed by atoms with van der Waals surface area (Å²) in [6, 6.07) is 9.88. The smallest absolute Gasteiger partial charge is 0.316 e. The van der Waals surface area contributed by atoms with Crippen LogP contribution < -0.4 is 10.2 Å². The minimum atomic E-state index is -0.540. The molecule has 1 N–H and O–H groups in total. The average molecular weight is 297 g/mol. The van der Waals surface area contributed by atoms with E-state index in [0.717, 1.165) is 23.2 Å². The minimum absolute atomic E-state index is 0.438. The van der Waals surface area contributed by atoms with Crippen molar-refractivity contribution in [3.8, 4) is 0 Å². The van der Waals surface area contributed by atoms with Crippen molar-refractivity contribution in [3.05, 3.63) is 53.9 Å².